The third-order valence-electron chi connectivity index (χ3n) is 4.76. The second-order valence-electron chi connectivity index (χ2n) is 6.45. The SMILES string of the molecule is O=C(NC1CCCc2cc(OC(F)F)ccc21)c1cn2c(n1)COCC2. The van der Waals surface area contributed by atoms with E-state index in [-0.39, 0.29) is 17.7 Å². The first-order chi connectivity index (χ1) is 12.6. The van der Waals surface area contributed by atoms with E-state index in [1.165, 1.54) is 6.07 Å². The van der Waals surface area contributed by atoms with E-state index in [1.54, 1.807) is 18.3 Å². The van der Waals surface area contributed by atoms with Gasteiger partial charge >= 0.3 is 6.61 Å². The van der Waals surface area contributed by atoms with E-state index in [4.69, 9.17) is 4.74 Å². The largest absolute Gasteiger partial charge is 0.435 e. The van der Waals surface area contributed by atoms with E-state index in [2.05, 4.69) is 15.0 Å². The van der Waals surface area contributed by atoms with Gasteiger partial charge in [-0.05, 0) is 42.5 Å². The van der Waals surface area contributed by atoms with Crippen LogP contribution in [-0.2, 0) is 24.3 Å². The van der Waals surface area contributed by atoms with Gasteiger partial charge in [0, 0.05) is 12.7 Å². The van der Waals surface area contributed by atoms with Crippen LogP contribution < -0.4 is 10.1 Å². The van der Waals surface area contributed by atoms with Crippen molar-refractivity contribution in [1.82, 2.24) is 14.9 Å². The van der Waals surface area contributed by atoms with E-state index in [0.29, 0.717) is 25.5 Å². The van der Waals surface area contributed by atoms with Gasteiger partial charge in [-0.2, -0.15) is 8.78 Å². The highest BCUT2D eigenvalue weighted by Gasteiger charge is 2.25. The fourth-order valence-electron chi connectivity index (χ4n) is 3.55. The van der Waals surface area contributed by atoms with Gasteiger partial charge in [0.2, 0.25) is 0 Å². The number of halogens is 2. The summed E-state index contributed by atoms with van der Waals surface area (Å²) >= 11 is 0. The van der Waals surface area contributed by atoms with E-state index in [0.717, 1.165) is 36.2 Å². The molecular weight excluding hydrogens is 344 g/mol. The first kappa shape index (κ1) is 17.0. The molecule has 0 radical (unpaired) electrons. The summed E-state index contributed by atoms with van der Waals surface area (Å²) in [6.07, 6.45) is 4.18. The number of alkyl halides is 2. The van der Waals surface area contributed by atoms with Crippen LogP contribution in [-0.4, -0.2) is 28.7 Å². The fraction of sp³-hybridized carbons (Fsp3) is 0.444. The topological polar surface area (TPSA) is 65.4 Å². The van der Waals surface area contributed by atoms with Crippen molar-refractivity contribution >= 4 is 5.91 Å². The van der Waals surface area contributed by atoms with Crippen LogP contribution in [0.15, 0.2) is 24.4 Å². The van der Waals surface area contributed by atoms with Gasteiger partial charge in [-0.3, -0.25) is 4.79 Å². The Hall–Kier alpha value is -2.48. The summed E-state index contributed by atoms with van der Waals surface area (Å²) in [6, 6.07) is 4.74. The van der Waals surface area contributed by atoms with E-state index >= 15 is 0 Å². The van der Waals surface area contributed by atoms with Gasteiger partial charge < -0.3 is 19.4 Å². The van der Waals surface area contributed by atoms with Crippen molar-refractivity contribution in [2.45, 2.75) is 45.1 Å². The molecule has 0 saturated heterocycles. The molecular formula is C18H19F2N3O3. The van der Waals surface area contributed by atoms with E-state index < -0.39 is 6.61 Å². The van der Waals surface area contributed by atoms with E-state index in [9.17, 15) is 13.6 Å². The minimum atomic E-state index is -2.84. The lowest BCUT2D eigenvalue weighted by molar-refractivity contribution is -0.0499. The molecule has 138 valence electrons. The number of hydrogen-bond donors (Lipinski definition) is 1. The zero-order valence-corrected chi connectivity index (χ0v) is 14.1. The molecule has 2 heterocycles. The Labute approximate surface area is 149 Å². The number of nitrogens with one attached hydrogen (secondary N) is 1. The Bertz CT molecular complexity index is 799. The monoisotopic (exact) mass is 363 g/mol. The number of hydrogen-bond acceptors (Lipinski definition) is 4. The Morgan fingerprint density at radius 2 is 2.31 bits per heavy atom. The summed E-state index contributed by atoms with van der Waals surface area (Å²) in [5, 5.41) is 3.02. The summed E-state index contributed by atoms with van der Waals surface area (Å²) in [5.74, 6) is 0.657. The molecule has 1 atom stereocenters. The fourth-order valence-corrected chi connectivity index (χ4v) is 3.55. The first-order valence-electron chi connectivity index (χ1n) is 8.62. The molecule has 0 fully saturated rings. The Morgan fingerprint density at radius 3 is 3.12 bits per heavy atom. The van der Waals surface area contributed by atoms with Gasteiger partial charge in [-0.15, -0.1) is 0 Å². The number of carbonyl (C=O) groups excluding carboxylic acids is 1. The highest BCUT2D eigenvalue weighted by atomic mass is 19.3. The molecule has 1 aliphatic heterocycles. The van der Waals surface area contributed by atoms with Crippen LogP contribution in [0.1, 0.15) is 46.3 Å². The van der Waals surface area contributed by atoms with Crippen molar-refractivity contribution in [3.8, 4) is 5.75 Å². The molecule has 1 unspecified atom stereocenters. The average Bonchev–Trinajstić information content (AvgIpc) is 3.05. The zero-order valence-electron chi connectivity index (χ0n) is 14.1. The second kappa shape index (κ2) is 7.03. The molecule has 1 amide bonds. The number of benzene rings is 1. The number of amides is 1. The van der Waals surface area contributed by atoms with Crippen molar-refractivity contribution in [3.05, 3.63) is 47.0 Å². The smallest absolute Gasteiger partial charge is 0.387 e. The summed E-state index contributed by atoms with van der Waals surface area (Å²) in [6.45, 7) is -1.13. The quantitative estimate of drug-likeness (QED) is 0.907. The first-order valence-corrected chi connectivity index (χ1v) is 8.62. The molecule has 1 aromatic heterocycles. The van der Waals surface area contributed by atoms with Crippen LogP contribution in [0.25, 0.3) is 0 Å². The van der Waals surface area contributed by atoms with Gasteiger partial charge in [0.25, 0.3) is 5.91 Å². The zero-order chi connectivity index (χ0) is 18.1. The molecule has 4 rings (SSSR count). The van der Waals surface area contributed by atoms with Crippen LogP contribution in [0.3, 0.4) is 0 Å². The van der Waals surface area contributed by atoms with Gasteiger partial charge in [0.1, 0.15) is 23.9 Å². The Kier molecular flexibility index (Phi) is 4.58. The van der Waals surface area contributed by atoms with Gasteiger partial charge in [0.05, 0.1) is 12.6 Å². The molecule has 2 aliphatic rings. The number of fused-ring (bicyclic) bond motifs is 2. The van der Waals surface area contributed by atoms with Crippen molar-refractivity contribution in [2.75, 3.05) is 6.61 Å². The number of carbonyl (C=O) groups is 1. The van der Waals surface area contributed by atoms with Crippen LogP contribution in [0.5, 0.6) is 5.75 Å². The maximum atomic E-state index is 12.6. The van der Waals surface area contributed by atoms with Crippen LogP contribution >= 0.6 is 0 Å². The predicted molar refractivity (Wildman–Crippen MR) is 88.1 cm³/mol. The minimum absolute atomic E-state index is 0.146. The summed E-state index contributed by atoms with van der Waals surface area (Å²) in [4.78, 5) is 16.9. The van der Waals surface area contributed by atoms with Crippen molar-refractivity contribution < 1.29 is 23.0 Å². The second-order valence-corrected chi connectivity index (χ2v) is 6.45. The Balaban J connectivity index is 1.51. The van der Waals surface area contributed by atoms with Gasteiger partial charge in [-0.1, -0.05) is 6.07 Å². The molecule has 0 bridgehead atoms. The lowest BCUT2D eigenvalue weighted by Gasteiger charge is -2.26. The maximum Gasteiger partial charge on any atom is 0.387 e. The maximum absolute atomic E-state index is 12.6. The van der Waals surface area contributed by atoms with Crippen LogP contribution in [0, 0.1) is 0 Å². The highest BCUT2D eigenvalue weighted by Crippen LogP contribution is 2.32. The normalized spacial score (nSPS) is 19.0. The van der Waals surface area contributed by atoms with Crippen LogP contribution in [0.2, 0.25) is 0 Å². The van der Waals surface area contributed by atoms with Crippen molar-refractivity contribution in [3.63, 3.8) is 0 Å². The lowest BCUT2D eigenvalue weighted by Crippen LogP contribution is -2.31. The number of imidazole rings is 1. The highest BCUT2D eigenvalue weighted by molar-refractivity contribution is 5.92. The molecule has 0 saturated carbocycles. The molecule has 1 aromatic carbocycles. The molecule has 26 heavy (non-hydrogen) atoms. The minimum Gasteiger partial charge on any atom is -0.435 e. The molecule has 2 aromatic rings. The van der Waals surface area contributed by atoms with Crippen molar-refractivity contribution in [2.24, 2.45) is 0 Å². The molecule has 1 N–H and O–H groups in total. The summed E-state index contributed by atoms with van der Waals surface area (Å²) in [5.41, 5.74) is 2.24. The van der Waals surface area contributed by atoms with Crippen molar-refractivity contribution in [1.29, 1.82) is 0 Å². The summed E-state index contributed by atoms with van der Waals surface area (Å²) < 4.78 is 36.5. The number of aryl methyl sites for hydroxylation is 1. The lowest BCUT2D eigenvalue weighted by atomic mass is 9.87. The predicted octanol–water partition coefficient (Wildman–Crippen LogP) is 2.82. The van der Waals surface area contributed by atoms with E-state index in [1.807, 2.05) is 4.57 Å². The third kappa shape index (κ3) is 3.41. The van der Waals surface area contributed by atoms with Crippen LogP contribution in [0.4, 0.5) is 8.78 Å². The third-order valence-corrected chi connectivity index (χ3v) is 4.76. The standard InChI is InChI=1S/C18H19F2N3O3/c19-18(20)26-12-4-5-13-11(8-12)2-1-3-14(13)22-17(24)15-9-23-6-7-25-10-16(23)21-15/h4-5,8-9,14,18H,1-3,6-7,10H2,(H,22,24). The average molecular weight is 363 g/mol. The Morgan fingerprint density at radius 1 is 1.42 bits per heavy atom. The summed E-state index contributed by atoms with van der Waals surface area (Å²) in [7, 11) is 0. The van der Waals surface area contributed by atoms with Gasteiger partial charge in [-0.25, -0.2) is 4.98 Å². The number of aromatic nitrogens is 2. The molecule has 0 spiro atoms. The van der Waals surface area contributed by atoms with Gasteiger partial charge in [0.15, 0.2) is 0 Å². The molecule has 1 aliphatic carbocycles. The molecule has 6 nitrogen and oxygen atoms in total. The number of rotatable bonds is 4. The number of ether oxygens (including phenoxy) is 2. The number of nitrogens with zero attached hydrogens (tertiary/aromatic N) is 2. The molecule has 8 heteroatoms.